The lowest BCUT2D eigenvalue weighted by Gasteiger charge is -2.20. The van der Waals surface area contributed by atoms with Crippen LogP contribution in [0.4, 0.5) is 0 Å². The monoisotopic (exact) mass is 280 g/mol. The van der Waals surface area contributed by atoms with Crippen LogP contribution < -0.4 is 0 Å². The number of carbonyl (C=O) groups excluding carboxylic acids is 1. The molecule has 1 aromatic carbocycles. The SMILES string of the molecule is COC(=O)C1CCC=C(S(=O)(=O)c2ccccc2)C1. The molecule has 0 bridgehead atoms. The lowest BCUT2D eigenvalue weighted by Crippen LogP contribution is -2.21. The first-order valence-corrected chi connectivity index (χ1v) is 7.61. The molecule has 0 heterocycles. The lowest BCUT2D eigenvalue weighted by atomic mass is 9.94. The standard InChI is InChI=1S/C14H16O4S/c1-18-14(15)11-6-5-9-13(10-11)19(16,17)12-7-3-2-4-8-12/h2-4,7-9,11H,5-6,10H2,1H3. The van der Waals surface area contributed by atoms with E-state index in [-0.39, 0.29) is 23.2 Å². The molecular weight excluding hydrogens is 264 g/mol. The first kappa shape index (κ1) is 13.8. The van der Waals surface area contributed by atoms with E-state index < -0.39 is 9.84 Å². The van der Waals surface area contributed by atoms with Crippen molar-refractivity contribution in [3.8, 4) is 0 Å². The van der Waals surface area contributed by atoms with Crippen LogP contribution in [0.2, 0.25) is 0 Å². The maximum Gasteiger partial charge on any atom is 0.309 e. The first-order valence-electron chi connectivity index (χ1n) is 6.12. The van der Waals surface area contributed by atoms with E-state index in [0.29, 0.717) is 17.7 Å². The quantitative estimate of drug-likeness (QED) is 0.797. The molecule has 0 spiro atoms. The fraction of sp³-hybridized carbons (Fsp3) is 0.357. The Labute approximate surface area is 113 Å². The number of esters is 1. The van der Waals surface area contributed by atoms with Gasteiger partial charge in [0.05, 0.1) is 17.9 Å². The van der Waals surface area contributed by atoms with Gasteiger partial charge in [-0.15, -0.1) is 0 Å². The molecule has 0 saturated carbocycles. The number of sulfone groups is 1. The molecule has 0 fully saturated rings. The van der Waals surface area contributed by atoms with Crippen molar-refractivity contribution in [2.75, 3.05) is 7.11 Å². The van der Waals surface area contributed by atoms with Crippen LogP contribution in [0, 0.1) is 5.92 Å². The number of hydrogen-bond acceptors (Lipinski definition) is 4. The number of rotatable bonds is 3. The van der Waals surface area contributed by atoms with Gasteiger partial charge in [-0.3, -0.25) is 4.79 Å². The summed E-state index contributed by atoms with van der Waals surface area (Å²) in [7, 11) is -2.16. The van der Waals surface area contributed by atoms with Gasteiger partial charge >= 0.3 is 5.97 Å². The van der Waals surface area contributed by atoms with Gasteiger partial charge in [-0.05, 0) is 31.4 Å². The van der Waals surface area contributed by atoms with Crippen LogP contribution >= 0.6 is 0 Å². The van der Waals surface area contributed by atoms with Gasteiger partial charge in [0.1, 0.15) is 0 Å². The molecule has 1 atom stereocenters. The first-order chi connectivity index (χ1) is 9.05. The second-order valence-corrected chi connectivity index (χ2v) is 6.49. The van der Waals surface area contributed by atoms with Crippen LogP contribution in [-0.4, -0.2) is 21.5 Å². The van der Waals surface area contributed by atoms with Crippen LogP contribution in [0.15, 0.2) is 46.2 Å². The van der Waals surface area contributed by atoms with E-state index in [2.05, 4.69) is 0 Å². The number of methoxy groups -OCH3 is 1. The molecule has 4 nitrogen and oxygen atoms in total. The maximum atomic E-state index is 12.4. The zero-order valence-corrected chi connectivity index (χ0v) is 11.5. The zero-order valence-electron chi connectivity index (χ0n) is 10.7. The van der Waals surface area contributed by atoms with Crippen LogP contribution in [0.5, 0.6) is 0 Å². The van der Waals surface area contributed by atoms with Crippen LogP contribution in [0.1, 0.15) is 19.3 Å². The number of hydrogen-bond donors (Lipinski definition) is 0. The van der Waals surface area contributed by atoms with Crippen LogP contribution in [0.25, 0.3) is 0 Å². The fourth-order valence-electron chi connectivity index (χ4n) is 2.21. The molecule has 2 rings (SSSR count). The molecule has 1 aliphatic rings. The Morgan fingerprint density at radius 3 is 2.58 bits per heavy atom. The van der Waals surface area contributed by atoms with E-state index >= 15 is 0 Å². The Morgan fingerprint density at radius 1 is 1.26 bits per heavy atom. The van der Waals surface area contributed by atoms with Crippen LogP contribution in [-0.2, 0) is 19.4 Å². The van der Waals surface area contributed by atoms with Crippen molar-refractivity contribution in [1.29, 1.82) is 0 Å². The summed E-state index contributed by atoms with van der Waals surface area (Å²) in [5.41, 5.74) is 0. The van der Waals surface area contributed by atoms with Crippen molar-refractivity contribution in [2.24, 2.45) is 5.92 Å². The normalized spacial score (nSPS) is 19.6. The van der Waals surface area contributed by atoms with Crippen LogP contribution in [0.3, 0.4) is 0 Å². The van der Waals surface area contributed by atoms with Gasteiger partial charge in [0, 0.05) is 4.91 Å². The second kappa shape index (κ2) is 5.57. The van der Waals surface area contributed by atoms with Crippen molar-refractivity contribution < 1.29 is 17.9 Å². The highest BCUT2D eigenvalue weighted by atomic mass is 32.2. The van der Waals surface area contributed by atoms with E-state index in [1.54, 1.807) is 36.4 Å². The van der Waals surface area contributed by atoms with Crippen molar-refractivity contribution >= 4 is 15.8 Å². The molecule has 0 saturated heterocycles. The Bertz CT molecular complexity index is 587. The third kappa shape index (κ3) is 2.87. The molecule has 0 N–H and O–H groups in total. The highest BCUT2D eigenvalue weighted by Crippen LogP contribution is 2.31. The molecule has 102 valence electrons. The fourth-order valence-corrected chi connectivity index (χ4v) is 3.79. The van der Waals surface area contributed by atoms with Gasteiger partial charge in [-0.1, -0.05) is 24.3 Å². The highest BCUT2D eigenvalue weighted by Gasteiger charge is 2.30. The average molecular weight is 280 g/mol. The Kier molecular flexibility index (Phi) is 4.04. The molecule has 0 radical (unpaired) electrons. The molecule has 19 heavy (non-hydrogen) atoms. The number of allylic oxidation sites excluding steroid dienone is 2. The second-order valence-electron chi connectivity index (χ2n) is 4.49. The molecule has 1 unspecified atom stereocenters. The molecule has 1 aromatic rings. The molecular formula is C14H16O4S. The minimum atomic E-state index is -3.48. The van der Waals surface area contributed by atoms with Gasteiger partial charge in [-0.2, -0.15) is 0 Å². The van der Waals surface area contributed by atoms with E-state index in [4.69, 9.17) is 4.74 Å². The molecule has 0 amide bonds. The van der Waals surface area contributed by atoms with Gasteiger partial charge < -0.3 is 4.74 Å². The third-order valence-electron chi connectivity index (χ3n) is 3.27. The molecule has 1 aliphatic carbocycles. The molecule has 0 aromatic heterocycles. The van der Waals surface area contributed by atoms with Gasteiger partial charge in [-0.25, -0.2) is 8.42 Å². The summed E-state index contributed by atoms with van der Waals surface area (Å²) < 4.78 is 29.5. The van der Waals surface area contributed by atoms with Crippen molar-refractivity contribution in [2.45, 2.75) is 24.2 Å². The Morgan fingerprint density at radius 2 is 1.95 bits per heavy atom. The summed E-state index contributed by atoms with van der Waals surface area (Å²) in [4.78, 5) is 12.1. The summed E-state index contributed by atoms with van der Waals surface area (Å²) in [6, 6.07) is 8.28. The van der Waals surface area contributed by atoms with E-state index in [1.165, 1.54) is 7.11 Å². The van der Waals surface area contributed by atoms with Crippen molar-refractivity contribution in [3.63, 3.8) is 0 Å². The van der Waals surface area contributed by atoms with Gasteiger partial charge in [0.15, 0.2) is 0 Å². The number of benzene rings is 1. The minimum Gasteiger partial charge on any atom is -0.469 e. The largest absolute Gasteiger partial charge is 0.469 e. The van der Waals surface area contributed by atoms with E-state index in [1.807, 2.05) is 0 Å². The predicted molar refractivity (Wildman–Crippen MR) is 71.1 cm³/mol. The van der Waals surface area contributed by atoms with E-state index in [9.17, 15) is 13.2 Å². The van der Waals surface area contributed by atoms with E-state index in [0.717, 1.165) is 0 Å². The summed E-state index contributed by atoms with van der Waals surface area (Å²) in [6.07, 6.45) is 3.16. The number of ether oxygens (including phenoxy) is 1. The lowest BCUT2D eigenvalue weighted by molar-refractivity contribution is -0.145. The minimum absolute atomic E-state index is 0.226. The molecule has 5 heteroatoms. The smallest absolute Gasteiger partial charge is 0.309 e. The third-order valence-corrected chi connectivity index (χ3v) is 5.18. The Hall–Kier alpha value is -1.62. The highest BCUT2D eigenvalue weighted by molar-refractivity contribution is 7.95. The summed E-state index contributed by atoms with van der Waals surface area (Å²) in [5.74, 6) is -0.697. The van der Waals surface area contributed by atoms with Gasteiger partial charge in [0.25, 0.3) is 0 Å². The van der Waals surface area contributed by atoms with Gasteiger partial charge in [0.2, 0.25) is 9.84 Å². The predicted octanol–water partition coefficient (Wildman–Crippen LogP) is 2.32. The average Bonchev–Trinajstić information content (AvgIpc) is 2.47. The number of carbonyl (C=O) groups is 1. The topological polar surface area (TPSA) is 60.4 Å². The summed E-state index contributed by atoms with van der Waals surface area (Å²) >= 11 is 0. The van der Waals surface area contributed by atoms with Crippen molar-refractivity contribution in [1.82, 2.24) is 0 Å². The maximum absolute atomic E-state index is 12.4. The zero-order chi connectivity index (χ0) is 13.9. The summed E-state index contributed by atoms with van der Waals surface area (Å²) in [6.45, 7) is 0. The summed E-state index contributed by atoms with van der Waals surface area (Å²) in [5, 5.41) is 0. The molecule has 0 aliphatic heterocycles. The van der Waals surface area contributed by atoms with Crippen molar-refractivity contribution in [3.05, 3.63) is 41.3 Å². The Balaban J connectivity index is 2.27.